The predicted molar refractivity (Wildman–Crippen MR) is 117 cm³/mol. The smallest absolute Gasteiger partial charge is 0.118 e. The van der Waals surface area contributed by atoms with E-state index in [0.29, 0.717) is 0 Å². The molecule has 0 saturated carbocycles. The molecule has 5 rings (SSSR count). The molecule has 0 aliphatic carbocycles. The Morgan fingerprint density at radius 1 is 1.03 bits per heavy atom. The zero-order chi connectivity index (χ0) is 20.7. The van der Waals surface area contributed by atoms with E-state index < -0.39 is 5.54 Å². The van der Waals surface area contributed by atoms with Gasteiger partial charge < -0.3 is 10.5 Å². The number of hydrogen-bond acceptors (Lipinski definition) is 7. The zero-order valence-corrected chi connectivity index (χ0v) is 17.5. The minimum absolute atomic E-state index is 0.351. The number of benzene rings is 2. The van der Waals surface area contributed by atoms with Gasteiger partial charge in [-0.15, -0.1) is 11.3 Å². The molecule has 2 aromatic carbocycles. The Balaban J connectivity index is 1.74. The van der Waals surface area contributed by atoms with Gasteiger partial charge in [-0.05, 0) is 41.8 Å². The summed E-state index contributed by atoms with van der Waals surface area (Å²) in [6, 6.07) is 16.5. The van der Waals surface area contributed by atoms with Crippen molar-refractivity contribution in [2.45, 2.75) is 18.6 Å². The monoisotopic (exact) mass is 415 g/mol. The Labute approximate surface area is 178 Å². The van der Waals surface area contributed by atoms with Crippen LogP contribution >= 0.6 is 11.3 Å². The predicted octanol–water partition coefficient (Wildman–Crippen LogP) is 3.77. The molecule has 0 saturated heterocycles. The number of fused-ring (bicyclic) bond motifs is 1. The minimum Gasteiger partial charge on any atom is -0.497 e. The lowest BCUT2D eigenvalue weighted by molar-refractivity contribution is 0.413. The molecule has 7 heteroatoms. The van der Waals surface area contributed by atoms with Crippen LogP contribution in [-0.2, 0) is 5.54 Å². The molecule has 0 radical (unpaired) electrons. The molecule has 3 N–H and O–H groups in total. The van der Waals surface area contributed by atoms with E-state index in [1.807, 2.05) is 31.5 Å². The van der Waals surface area contributed by atoms with Gasteiger partial charge in [-0.1, -0.05) is 30.3 Å². The van der Waals surface area contributed by atoms with E-state index in [9.17, 15) is 0 Å². The van der Waals surface area contributed by atoms with Gasteiger partial charge in [0.05, 0.1) is 22.7 Å². The summed E-state index contributed by atoms with van der Waals surface area (Å²) in [6.45, 7) is 2.02. The molecule has 0 fully saturated rings. The van der Waals surface area contributed by atoms with E-state index in [-0.39, 0.29) is 6.17 Å². The van der Waals surface area contributed by atoms with E-state index >= 15 is 0 Å². The van der Waals surface area contributed by atoms with Crippen LogP contribution in [0.25, 0.3) is 11.1 Å². The Bertz CT molecular complexity index is 1190. The molecule has 2 aromatic heterocycles. The van der Waals surface area contributed by atoms with Gasteiger partial charge in [0.25, 0.3) is 0 Å². The molecule has 1 aliphatic heterocycles. The van der Waals surface area contributed by atoms with Gasteiger partial charge in [0, 0.05) is 18.0 Å². The third-order valence-electron chi connectivity index (χ3n) is 5.48. The van der Waals surface area contributed by atoms with Gasteiger partial charge >= 0.3 is 0 Å². The number of thiazole rings is 1. The first kappa shape index (κ1) is 18.9. The maximum atomic E-state index is 6.50. The third kappa shape index (κ3) is 2.90. The number of ether oxygens (including phenoxy) is 1. The van der Waals surface area contributed by atoms with Crippen molar-refractivity contribution in [3.8, 4) is 16.9 Å². The molecule has 3 heterocycles. The highest BCUT2D eigenvalue weighted by Gasteiger charge is 2.47. The highest BCUT2D eigenvalue weighted by Crippen LogP contribution is 2.48. The second kappa shape index (κ2) is 7.28. The summed E-state index contributed by atoms with van der Waals surface area (Å²) < 4.78 is 5.37. The van der Waals surface area contributed by atoms with Crippen molar-refractivity contribution in [3.05, 3.63) is 94.0 Å². The summed E-state index contributed by atoms with van der Waals surface area (Å²) in [5.41, 5.74) is 11.0. The van der Waals surface area contributed by atoms with Crippen molar-refractivity contribution in [1.82, 2.24) is 20.3 Å². The number of nitrogens with zero attached hydrogens (tertiary/aromatic N) is 3. The first-order valence-corrected chi connectivity index (χ1v) is 10.4. The molecule has 150 valence electrons. The minimum atomic E-state index is -0.599. The lowest BCUT2D eigenvalue weighted by atomic mass is 9.81. The van der Waals surface area contributed by atoms with Crippen LogP contribution in [0, 0.1) is 6.92 Å². The molecule has 4 aromatic rings. The van der Waals surface area contributed by atoms with E-state index in [2.05, 4.69) is 51.7 Å². The summed E-state index contributed by atoms with van der Waals surface area (Å²) >= 11 is 1.68. The summed E-state index contributed by atoms with van der Waals surface area (Å²) in [6.07, 6.45) is 4.83. The van der Waals surface area contributed by atoms with Gasteiger partial charge in [-0.3, -0.25) is 5.32 Å². The largest absolute Gasteiger partial charge is 0.497 e. The van der Waals surface area contributed by atoms with Crippen LogP contribution in [0.2, 0.25) is 0 Å². The fourth-order valence-electron chi connectivity index (χ4n) is 4.11. The van der Waals surface area contributed by atoms with Crippen LogP contribution in [0.1, 0.15) is 32.9 Å². The van der Waals surface area contributed by atoms with Crippen molar-refractivity contribution in [1.29, 1.82) is 0 Å². The lowest BCUT2D eigenvalue weighted by Gasteiger charge is -2.32. The second-order valence-electron chi connectivity index (χ2n) is 7.26. The summed E-state index contributed by atoms with van der Waals surface area (Å²) in [5.74, 6) is 0.812. The molecule has 1 aliphatic rings. The van der Waals surface area contributed by atoms with Gasteiger partial charge in [-0.25, -0.2) is 15.0 Å². The van der Waals surface area contributed by atoms with Crippen molar-refractivity contribution < 1.29 is 4.74 Å². The SMILES string of the molecule is COc1ccc([C@]2(c3cccc(-c4cncnc4)c3)NC(N)c3nc(C)sc32)cc1. The topological polar surface area (TPSA) is 86.0 Å². The average Bonchev–Trinajstić information content (AvgIpc) is 3.31. The maximum Gasteiger partial charge on any atom is 0.118 e. The molecular formula is C23H21N5OS. The highest BCUT2D eigenvalue weighted by molar-refractivity contribution is 7.12. The van der Waals surface area contributed by atoms with Crippen LogP contribution in [0.3, 0.4) is 0 Å². The van der Waals surface area contributed by atoms with E-state index in [4.69, 9.17) is 15.5 Å². The van der Waals surface area contributed by atoms with Gasteiger partial charge in [0.2, 0.25) is 0 Å². The van der Waals surface area contributed by atoms with Gasteiger partial charge in [0.15, 0.2) is 0 Å². The van der Waals surface area contributed by atoms with Crippen molar-refractivity contribution in [2.24, 2.45) is 5.73 Å². The van der Waals surface area contributed by atoms with Gasteiger partial charge in [0.1, 0.15) is 23.8 Å². The van der Waals surface area contributed by atoms with E-state index in [1.54, 1.807) is 18.4 Å². The average molecular weight is 416 g/mol. The van der Waals surface area contributed by atoms with Crippen LogP contribution in [0.4, 0.5) is 0 Å². The lowest BCUT2D eigenvalue weighted by Crippen LogP contribution is -2.42. The zero-order valence-electron chi connectivity index (χ0n) is 16.7. The summed E-state index contributed by atoms with van der Waals surface area (Å²) in [7, 11) is 1.67. The molecule has 0 amide bonds. The Morgan fingerprint density at radius 2 is 1.80 bits per heavy atom. The molecule has 6 nitrogen and oxygen atoms in total. The fraction of sp³-hybridized carbons (Fsp3) is 0.174. The van der Waals surface area contributed by atoms with Crippen LogP contribution in [0.5, 0.6) is 5.75 Å². The van der Waals surface area contributed by atoms with Gasteiger partial charge in [-0.2, -0.15) is 0 Å². The molecule has 0 spiro atoms. The molecule has 0 bridgehead atoms. The standard InChI is InChI=1S/C23H21N5OS/c1-14-27-20-21(30-14)23(28-22(20)24,17-6-8-19(29-2)9-7-17)18-5-3-4-15(10-18)16-11-25-13-26-12-16/h3-13,22,28H,24H2,1-2H3/t22?,23-/m1/s1. The molecule has 30 heavy (non-hydrogen) atoms. The number of hydrogen-bond donors (Lipinski definition) is 2. The number of methoxy groups -OCH3 is 1. The van der Waals surface area contributed by atoms with Crippen molar-refractivity contribution >= 4 is 11.3 Å². The first-order valence-electron chi connectivity index (χ1n) is 9.63. The summed E-state index contributed by atoms with van der Waals surface area (Å²) in [4.78, 5) is 14.2. The maximum absolute atomic E-state index is 6.50. The van der Waals surface area contributed by atoms with E-state index in [0.717, 1.165) is 43.6 Å². The Hall–Kier alpha value is -3.13. The van der Waals surface area contributed by atoms with Crippen molar-refractivity contribution in [3.63, 3.8) is 0 Å². The van der Waals surface area contributed by atoms with Crippen LogP contribution in [0.15, 0.2) is 67.3 Å². The summed E-state index contributed by atoms with van der Waals surface area (Å²) in [5, 5.41) is 4.64. The number of aryl methyl sites for hydroxylation is 1. The normalized spacial score (nSPS) is 20.2. The number of nitrogens with one attached hydrogen (secondary N) is 1. The number of nitrogens with two attached hydrogens (primary N) is 1. The highest BCUT2D eigenvalue weighted by atomic mass is 32.1. The molecular weight excluding hydrogens is 394 g/mol. The second-order valence-corrected chi connectivity index (χ2v) is 8.46. The fourth-order valence-corrected chi connectivity index (χ4v) is 5.27. The third-order valence-corrected chi connectivity index (χ3v) is 6.59. The number of aromatic nitrogens is 3. The van der Waals surface area contributed by atoms with Crippen LogP contribution in [-0.4, -0.2) is 22.1 Å². The van der Waals surface area contributed by atoms with Crippen LogP contribution < -0.4 is 15.8 Å². The Morgan fingerprint density at radius 3 is 2.53 bits per heavy atom. The Kier molecular flexibility index (Phi) is 4.58. The molecule has 2 atom stereocenters. The molecule has 1 unspecified atom stereocenters. The van der Waals surface area contributed by atoms with E-state index in [1.165, 1.54) is 6.33 Å². The quantitative estimate of drug-likeness (QED) is 0.528. The number of rotatable bonds is 4. The first-order chi connectivity index (χ1) is 14.6. The van der Waals surface area contributed by atoms with Crippen molar-refractivity contribution in [2.75, 3.05) is 7.11 Å².